The van der Waals surface area contributed by atoms with Gasteiger partial charge in [-0.05, 0) is 48.0 Å². The molecule has 3 aliphatic carbocycles. The molecule has 0 aliphatic heterocycles. The summed E-state index contributed by atoms with van der Waals surface area (Å²) in [6.45, 7) is 12.2. The molecule has 0 amide bonds. The van der Waals surface area contributed by atoms with Crippen molar-refractivity contribution in [3.8, 4) is 0 Å². The number of nitrogens with zero attached hydrogens (tertiary/aromatic N) is 3. The predicted octanol–water partition coefficient (Wildman–Crippen LogP) is 6.28. The van der Waals surface area contributed by atoms with Gasteiger partial charge in [0.25, 0.3) is 0 Å². The molecule has 3 aliphatic rings. The van der Waals surface area contributed by atoms with Crippen LogP contribution in [0.4, 0.5) is 0 Å². The fourth-order valence-electron chi connectivity index (χ4n) is 4.74. The van der Waals surface area contributed by atoms with Gasteiger partial charge in [0.15, 0.2) is 11.6 Å². The van der Waals surface area contributed by atoms with Crippen LogP contribution in [0.25, 0.3) is 16.0 Å². The van der Waals surface area contributed by atoms with Crippen molar-refractivity contribution in [3.63, 3.8) is 0 Å². The van der Waals surface area contributed by atoms with E-state index in [1.54, 1.807) is 26.4 Å². The number of nitrogens with one attached hydrogen (secondary N) is 2. The van der Waals surface area contributed by atoms with Crippen molar-refractivity contribution in [2.24, 2.45) is 10.8 Å². The van der Waals surface area contributed by atoms with Crippen LogP contribution >= 0.6 is 0 Å². The molecule has 218 valence electrons. The van der Waals surface area contributed by atoms with Gasteiger partial charge in [-0.25, -0.2) is 0 Å². The van der Waals surface area contributed by atoms with Gasteiger partial charge in [0.1, 0.15) is 11.5 Å². The molecule has 0 aromatic rings. The molecule has 0 spiro atoms. The van der Waals surface area contributed by atoms with Gasteiger partial charge in [-0.1, -0.05) is 54.4 Å². The third kappa shape index (κ3) is 9.19. The van der Waals surface area contributed by atoms with Crippen LogP contribution in [0.15, 0.2) is 70.5 Å². The van der Waals surface area contributed by atoms with Gasteiger partial charge in [-0.2, -0.15) is 0 Å². The second kappa shape index (κ2) is 15.0. The fourth-order valence-corrected chi connectivity index (χ4v) is 4.74. The number of ether oxygens (including phenoxy) is 2. The molecule has 2 atom stereocenters. The first-order valence-electron chi connectivity index (χ1n) is 13.2. The topological polar surface area (TPSA) is 135 Å². The maximum Gasteiger partial charge on any atom is 0.191 e. The van der Waals surface area contributed by atoms with Crippen molar-refractivity contribution in [1.82, 2.24) is 10.6 Å². The fraction of sp³-hybridized carbons (Fsp3) is 0.533. The molecule has 0 bridgehead atoms. The summed E-state index contributed by atoms with van der Waals surface area (Å²) in [5.74, 6) is 1.39. The normalized spacial score (nSPS) is 23.3. The molecule has 9 nitrogen and oxygen atoms in total. The van der Waals surface area contributed by atoms with Gasteiger partial charge in [0, 0.05) is 64.1 Å². The molecule has 0 saturated heterocycles. The van der Waals surface area contributed by atoms with Crippen LogP contribution in [-0.2, 0) is 36.4 Å². The molecule has 0 unspecified atom stereocenters. The number of rotatable bonds is 6. The maximum absolute atomic E-state index is 13.2. The summed E-state index contributed by atoms with van der Waals surface area (Å²) in [4.78, 5) is 27.8. The monoisotopic (exact) mass is 588 g/mol. The quantitative estimate of drug-likeness (QED) is 0.162. The molecular formula is C30H42CrN5O4-. The van der Waals surface area contributed by atoms with Gasteiger partial charge < -0.3 is 31.2 Å². The van der Waals surface area contributed by atoms with Crippen LogP contribution in [-0.4, -0.2) is 37.9 Å². The van der Waals surface area contributed by atoms with Crippen LogP contribution < -0.4 is 10.6 Å². The van der Waals surface area contributed by atoms with Gasteiger partial charge in [0.05, 0.1) is 14.2 Å². The number of hydrogen-bond donors (Lipinski definition) is 2. The smallest absolute Gasteiger partial charge is 0.191 e. The predicted molar refractivity (Wildman–Crippen MR) is 154 cm³/mol. The molecule has 1 saturated carbocycles. The van der Waals surface area contributed by atoms with E-state index in [0.29, 0.717) is 22.7 Å². The van der Waals surface area contributed by atoms with Crippen molar-refractivity contribution in [2.45, 2.75) is 79.3 Å². The Morgan fingerprint density at radius 3 is 1.35 bits per heavy atom. The standard InChI is InChI=1S/C30H42N2O4.Cr.N3/c1-29(2,3)23-15-21(35-7)13-19(27(23)33)17-31-25-11-9-10-12-26(25)32-18-20-14-22(36-8)16-24(28(20)34)30(4,5)6;;1-3-2/h13-18,25-26,31-32H,9-12H2,1-8H3;;/q;;-1/b19-17-,20-18-;;/t25-,26-;;/m1../s1. The summed E-state index contributed by atoms with van der Waals surface area (Å²) in [5.41, 5.74) is 15.6. The number of ketones is 2. The van der Waals surface area contributed by atoms with Crippen LogP contribution in [0.5, 0.6) is 0 Å². The van der Waals surface area contributed by atoms with E-state index in [1.807, 2.05) is 66.1 Å². The molecule has 0 radical (unpaired) electrons. The second-order valence-corrected chi connectivity index (χ2v) is 11.9. The van der Waals surface area contributed by atoms with Gasteiger partial charge >= 0.3 is 0 Å². The van der Waals surface area contributed by atoms with Crippen LogP contribution in [0, 0.1) is 10.8 Å². The van der Waals surface area contributed by atoms with Crippen LogP contribution in [0.2, 0.25) is 0 Å². The molecule has 2 N–H and O–H groups in total. The summed E-state index contributed by atoms with van der Waals surface area (Å²) < 4.78 is 10.9. The largest absolute Gasteiger partial charge is 0.497 e. The van der Waals surface area contributed by atoms with E-state index in [2.05, 4.69) is 10.6 Å². The summed E-state index contributed by atoms with van der Waals surface area (Å²) in [5, 5.41) is 7.00. The number of Topliss-reactive ketones (excluding diaryl/α,β-unsaturated/α-hetero) is 2. The molecule has 10 heteroatoms. The Morgan fingerprint density at radius 2 is 1.07 bits per heavy atom. The minimum atomic E-state index is -0.281. The SMILES string of the molecule is COC1=C/C(=C/N[C@@H]2CCCC[C@H]2N/C=C2/C=C(OC)C=C(C(C)(C)C)C2=O)C(=O)C(C(C)(C)C)=C1.[Cr].[N-]=[N+]=[N-]. The average Bonchev–Trinajstić information content (AvgIpc) is 2.87. The Balaban J connectivity index is 0.00000191. The van der Waals surface area contributed by atoms with E-state index in [9.17, 15) is 9.59 Å². The van der Waals surface area contributed by atoms with Crippen molar-refractivity contribution in [3.05, 3.63) is 86.5 Å². The molecular weight excluding hydrogens is 546 g/mol. The van der Waals surface area contributed by atoms with E-state index >= 15 is 0 Å². The van der Waals surface area contributed by atoms with Gasteiger partial charge in [-0.15, -0.1) is 0 Å². The van der Waals surface area contributed by atoms with Gasteiger partial charge in [0.2, 0.25) is 0 Å². The van der Waals surface area contributed by atoms with Gasteiger partial charge in [-0.3, -0.25) is 14.5 Å². The molecule has 0 aromatic carbocycles. The number of hydrogen-bond acceptors (Lipinski definition) is 6. The third-order valence-corrected chi connectivity index (χ3v) is 6.94. The van der Waals surface area contributed by atoms with Crippen molar-refractivity contribution >= 4 is 11.6 Å². The number of allylic oxidation sites excluding steroid dienone is 8. The number of carbonyl (C=O) groups excluding carboxylic acids is 2. The number of carbonyl (C=O) groups is 2. The summed E-state index contributed by atoms with van der Waals surface area (Å²) in [6, 6.07) is 0.253. The number of methoxy groups -OCH3 is 2. The Labute approximate surface area is 249 Å². The summed E-state index contributed by atoms with van der Waals surface area (Å²) >= 11 is 0. The summed E-state index contributed by atoms with van der Waals surface area (Å²) in [7, 11) is 3.24. The minimum Gasteiger partial charge on any atom is -0.497 e. The first kappa shape index (κ1) is 34.8. The zero-order valence-corrected chi connectivity index (χ0v) is 26.1. The first-order valence-corrected chi connectivity index (χ1v) is 13.2. The molecule has 0 heterocycles. The molecule has 0 aromatic heterocycles. The van der Waals surface area contributed by atoms with Crippen molar-refractivity contribution in [1.29, 1.82) is 0 Å². The van der Waals surface area contributed by atoms with E-state index in [4.69, 9.17) is 20.5 Å². The third-order valence-electron chi connectivity index (χ3n) is 6.94. The Morgan fingerprint density at radius 1 is 0.750 bits per heavy atom. The van der Waals surface area contributed by atoms with E-state index in [0.717, 1.165) is 36.8 Å². The average molecular weight is 589 g/mol. The van der Waals surface area contributed by atoms with Crippen LogP contribution in [0.1, 0.15) is 67.2 Å². The maximum atomic E-state index is 13.2. The van der Waals surface area contributed by atoms with Crippen molar-refractivity contribution in [2.75, 3.05) is 14.2 Å². The van der Waals surface area contributed by atoms with Crippen molar-refractivity contribution < 1.29 is 36.4 Å². The van der Waals surface area contributed by atoms with E-state index < -0.39 is 0 Å². The minimum absolute atomic E-state index is 0. The molecule has 1 fully saturated rings. The molecule has 40 heavy (non-hydrogen) atoms. The Hall–Kier alpha value is -3.18. The zero-order valence-electron chi connectivity index (χ0n) is 24.8. The molecule has 3 rings (SSSR count). The second-order valence-electron chi connectivity index (χ2n) is 11.9. The Kier molecular flexibility index (Phi) is 13.1. The van der Waals surface area contributed by atoms with Crippen LogP contribution in [0.3, 0.4) is 0 Å². The van der Waals surface area contributed by atoms with E-state index in [1.165, 1.54) is 4.91 Å². The first-order chi connectivity index (χ1) is 18.3. The Bertz CT molecular complexity index is 1090. The van der Waals surface area contributed by atoms with E-state index in [-0.39, 0.29) is 51.8 Å². The summed E-state index contributed by atoms with van der Waals surface area (Å²) in [6.07, 6.45) is 15.1. The zero-order chi connectivity index (χ0) is 29.4.